The molecule has 0 atom stereocenters. The van der Waals surface area contributed by atoms with Crippen LogP contribution in [-0.4, -0.2) is 6.54 Å². The highest BCUT2D eigenvalue weighted by molar-refractivity contribution is 9.10. The van der Waals surface area contributed by atoms with Gasteiger partial charge in [0, 0.05) is 22.4 Å². The lowest BCUT2D eigenvalue weighted by Crippen LogP contribution is -2.18. The van der Waals surface area contributed by atoms with Gasteiger partial charge in [0.25, 0.3) is 0 Å². The van der Waals surface area contributed by atoms with Gasteiger partial charge in [-0.05, 0) is 30.3 Å². The molecular weight excluding hydrogens is 314 g/mol. The van der Waals surface area contributed by atoms with Crippen molar-refractivity contribution in [2.75, 3.05) is 11.4 Å². The number of para-hydroxylation sites is 1. The Labute approximate surface area is 126 Å². The summed E-state index contributed by atoms with van der Waals surface area (Å²) in [6, 6.07) is 19.7. The van der Waals surface area contributed by atoms with Crippen LogP contribution >= 0.6 is 15.9 Å². The molecule has 0 fully saturated rings. The molecule has 0 aliphatic heterocycles. The fourth-order valence-corrected chi connectivity index (χ4v) is 2.45. The summed E-state index contributed by atoms with van der Waals surface area (Å²) in [5, 5.41) is 17.9. The SMILES string of the molecule is N#CCCN(c1ccccc1)c1cc(Br)cc(C#N)c1. The molecule has 0 aliphatic carbocycles. The summed E-state index contributed by atoms with van der Waals surface area (Å²) in [5.41, 5.74) is 2.49. The Balaban J connectivity index is 2.44. The van der Waals surface area contributed by atoms with Crippen LogP contribution in [0, 0.1) is 22.7 Å². The minimum atomic E-state index is 0.420. The third kappa shape index (κ3) is 3.38. The summed E-state index contributed by atoms with van der Waals surface area (Å²) >= 11 is 3.42. The van der Waals surface area contributed by atoms with Crippen molar-refractivity contribution in [3.05, 3.63) is 58.6 Å². The van der Waals surface area contributed by atoms with Crippen molar-refractivity contribution in [3.63, 3.8) is 0 Å². The molecule has 98 valence electrons. The van der Waals surface area contributed by atoms with Crippen LogP contribution in [0.5, 0.6) is 0 Å². The van der Waals surface area contributed by atoms with E-state index in [1.54, 1.807) is 6.07 Å². The summed E-state index contributed by atoms with van der Waals surface area (Å²) in [6.45, 7) is 0.585. The molecule has 0 amide bonds. The first kappa shape index (κ1) is 14.1. The van der Waals surface area contributed by atoms with Crippen molar-refractivity contribution < 1.29 is 0 Å². The first-order valence-corrected chi connectivity index (χ1v) is 6.94. The molecule has 3 nitrogen and oxygen atoms in total. The molecule has 4 heteroatoms. The van der Waals surface area contributed by atoms with E-state index in [9.17, 15) is 0 Å². The Kier molecular flexibility index (Phi) is 4.76. The quantitative estimate of drug-likeness (QED) is 0.838. The normalized spacial score (nSPS) is 9.55. The molecule has 2 rings (SSSR count). The lowest BCUT2D eigenvalue weighted by Gasteiger charge is -2.24. The van der Waals surface area contributed by atoms with Crippen LogP contribution in [-0.2, 0) is 0 Å². The van der Waals surface area contributed by atoms with Crippen LogP contribution < -0.4 is 4.90 Å². The zero-order valence-electron chi connectivity index (χ0n) is 10.8. The number of nitriles is 2. The predicted molar refractivity (Wildman–Crippen MR) is 82.5 cm³/mol. The van der Waals surface area contributed by atoms with Gasteiger partial charge >= 0.3 is 0 Å². The van der Waals surface area contributed by atoms with Crippen LogP contribution in [0.25, 0.3) is 0 Å². The maximum Gasteiger partial charge on any atom is 0.0992 e. The van der Waals surface area contributed by atoms with Crippen molar-refractivity contribution in [1.82, 2.24) is 0 Å². The molecule has 0 heterocycles. The van der Waals surface area contributed by atoms with Crippen LogP contribution in [0.15, 0.2) is 53.0 Å². The van der Waals surface area contributed by atoms with Gasteiger partial charge in [0.05, 0.1) is 24.1 Å². The van der Waals surface area contributed by atoms with Crippen molar-refractivity contribution in [1.29, 1.82) is 10.5 Å². The van der Waals surface area contributed by atoms with E-state index in [-0.39, 0.29) is 0 Å². The molecule has 0 saturated carbocycles. The Morgan fingerprint density at radius 1 is 1.00 bits per heavy atom. The standard InChI is InChI=1S/C16H12BrN3/c17-14-9-13(12-19)10-16(11-14)20(8-4-7-18)15-5-2-1-3-6-15/h1-3,5-6,9-11H,4,8H2. The van der Waals surface area contributed by atoms with Gasteiger partial charge in [0.2, 0.25) is 0 Å². The molecule has 2 aromatic rings. The Hall–Kier alpha value is -2.30. The zero-order valence-corrected chi connectivity index (χ0v) is 12.3. The van der Waals surface area contributed by atoms with Gasteiger partial charge in [-0.15, -0.1) is 0 Å². The Morgan fingerprint density at radius 2 is 1.75 bits per heavy atom. The highest BCUT2D eigenvalue weighted by Crippen LogP contribution is 2.29. The average molecular weight is 326 g/mol. The number of anilines is 2. The van der Waals surface area contributed by atoms with E-state index in [1.165, 1.54) is 0 Å². The van der Waals surface area contributed by atoms with E-state index in [0.717, 1.165) is 15.8 Å². The van der Waals surface area contributed by atoms with Crippen LogP contribution in [0.1, 0.15) is 12.0 Å². The third-order valence-corrected chi connectivity index (χ3v) is 3.30. The molecule has 20 heavy (non-hydrogen) atoms. The molecule has 0 N–H and O–H groups in total. The minimum absolute atomic E-state index is 0.420. The number of hydrogen-bond donors (Lipinski definition) is 0. The van der Waals surface area contributed by atoms with Gasteiger partial charge in [-0.3, -0.25) is 0 Å². The molecule has 2 aromatic carbocycles. The van der Waals surface area contributed by atoms with Crippen LogP contribution in [0.2, 0.25) is 0 Å². The van der Waals surface area contributed by atoms with Gasteiger partial charge in [0.15, 0.2) is 0 Å². The van der Waals surface area contributed by atoms with E-state index >= 15 is 0 Å². The van der Waals surface area contributed by atoms with Gasteiger partial charge in [-0.25, -0.2) is 0 Å². The highest BCUT2D eigenvalue weighted by atomic mass is 79.9. The predicted octanol–water partition coefficient (Wildman–Crippen LogP) is 4.37. The number of nitrogens with zero attached hydrogens (tertiary/aromatic N) is 3. The summed E-state index contributed by atoms with van der Waals surface area (Å²) in [4.78, 5) is 2.04. The van der Waals surface area contributed by atoms with E-state index in [0.29, 0.717) is 18.5 Å². The van der Waals surface area contributed by atoms with Gasteiger partial charge in [-0.1, -0.05) is 34.1 Å². The largest absolute Gasteiger partial charge is 0.340 e. The maximum atomic E-state index is 9.07. The second kappa shape index (κ2) is 6.75. The van der Waals surface area contributed by atoms with E-state index in [1.807, 2.05) is 47.4 Å². The van der Waals surface area contributed by atoms with Crippen molar-refractivity contribution in [2.45, 2.75) is 6.42 Å². The summed E-state index contributed by atoms with van der Waals surface area (Å²) in [7, 11) is 0. The average Bonchev–Trinajstić information content (AvgIpc) is 2.48. The topological polar surface area (TPSA) is 50.8 Å². The molecule has 0 unspecified atom stereocenters. The Bertz CT molecular complexity index is 668. The zero-order chi connectivity index (χ0) is 14.4. The van der Waals surface area contributed by atoms with Gasteiger partial charge in [-0.2, -0.15) is 10.5 Å². The number of halogens is 1. The second-order valence-corrected chi connectivity index (χ2v) is 5.12. The fourth-order valence-electron chi connectivity index (χ4n) is 1.97. The van der Waals surface area contributed by atoms with Crippen molar-refractivity contribution in [3.8, 4) is 12.1 Å². The minimum Gasteiger partial charge on any atom is -0.340 e. The molecule has 0 aromatic heterocycles. The number of hydrogen-bond acceptors (Lipinski definition) is 3. The third-order valence-electron chi connectivity index (χ3n) is 2.84. The Morgan fingerprint density at radius 3 is 2.40 bits per heavy atom. The van der Waals surface area contributed by atoms with Gasteiger partial charge in [0.1, 0.15) is 0 Å². The smallest absolute Gasteiger partial charge is 0.0992 e. The van der Waals surface area contributed by atoms with Crippen molar-refractivity contribution >= 4 is 27.3 Å². The monoisotopic (exact) mass is 325 g/mol. The second-order valence-electron chi connectivity index (χ2n) is 4.21. The lowest BCUT2D eigenvalue weighted by atomic mass is 10.1. The van der Waals surface area contributed by atoms with Gasteiger partial charge < -0.3 is 4.90 Å². The summed E-state index contributed by atoms with van der Waals surface area (Å²) < 4.78 is 0.851. The van der Waals surface area contributed by atoms with E-state index in [4.69, 9.17) is 10.5 Å². The van der Waals surface area contributed by atoms with Crippen molar-refractivity contribution in [2.24, 2.45) is 0 Å². The van der Waals surface area contributed by atoms with E-state index < -0.39 is 0 Å². The first-order chi connectivity index (χ1) is 9.74. The van der Waals surface area contributed by atoms with E-state index in [2.05, 4.69) is 28.1 Å². The molecule has 0 radical (unpaired) electrons. The highest BCUT2D eigenvalue weighted by Gasteiger charge is 2.10. The molecule has 0 aliphatic rings. The number of rotatable bonds is 4. The molecular formula is C16H12BrN3. The number of benzene rings is 2. The molecule has 0 saturated heterocycles. The lowest BCUT2D eigenvalue weighted by molar-refractivity contribution is 0.947. The van der Waals surface area contributed by atoms with Crippen LogP contribution in [0.4, 0.5) is 11.4 Å². The summed E-state index contributed by atoms with van der Waals surface area (Å²) in [5.74, 6) is 0. The summed E-state index contributed by atoms with van der Waals surface area (Å²) in [6.07, 6.45) is 0.420. The fraction of sp³-hybridized carbons (Fsp3) is 0.125. The molecule has 0 bridgehead atoms. The van der Waals surface area contributed by atoms with Crippen LogP contribution in [0.3, 0.4) is 0 Å². The molecule has 0 spiro atoms. The maximum absolute atomic E-state index is 9.07. The first-order valence-electron chi connectivity index (χ1n) is 6.15.